The molecule has 0 unspecified atom stereocenters. The zero-order valence-corrected chi connectivity index (χ0v) is 14.2. The number of hydrogen-bond acceptors (Lipinski definition) is 6. The number of ether oxygens (including phenoxy) is 1. The lowest BCUT2D eigenvalue weighted by Gasteiger charge is -2.07. The minimum atomic E-state index is -0.401. The van der Waals surface area contributed by atoms with Crippen LogP contribution < -0.4 is 0 Å². The van der Waals surface area contributed by atoms with Crippen molar-refractivity contribution in [1.82, 2.24) is 9.97 Å². The number of carbonyl (C=O) groups is 1. The van der Waals surface area contributed by atoms with Crippen LogP contribution in [0.5, 0.6) is 0 Å². The predicted octanol–water partition coefficient (Wildman–Crippen LogP) is 4.62. The second kappa shape index (κ2) is 6.49. The molecule has 124 valence electrons. The number of thiophene rings is 1. The molecule has 0 N–H and O–H groups in total. The van der Waals surface area contributed by atoms with Gasteiger partial charge in [0.05, 0.1) is 16.0 Å². The summed E-state index contributed by atoms with van der Waals surface area (Å²) in [6.45, 7) is 1.91. The molecule has 6 heteroatoms. The van der Waals surface area contributed by atoms with Crippen LogP contribution in [-0.4, -0.2) is 15.9 Å². The van der Waals surface area contributed by atoms with E-state index in [-0.39, 0.29) is 6.61 Å². The van der Waals surface area contributed by atoms with E-state index < -0.39 is 5.97 Å². The molecule has 0 fully saturated rings. The third-order valence-corrected chi connectivity index (χ3v) is 4.56. The van der Waals surface area contributed by atoms with Crippen molar-refractivity contribution in [3.63, 3.8) is 0 Å². The molecule has 0 aliphatic heterocycles. The number of oxazole rings is 1. The molecule has 0 spiro atoms. The summed E-state index contributed by atoms with van der Waals surface area (Å²) in [4.78, 5) is 22.2. The highest BCUT2D eigenvalue weighted by molar-refractivity contribution is 7.13. The molecule has 0 saturated carbocycles. The van der Waals surface area contributed by atoms with Crippen molar-refractivity contribution in [3.8, 4) is 10.8 Å². The quantitative estimate of drug-likeness (QED) is 0.503. The van der Waals surface area contributed by atoms with Gasteiger partial charge in [0.2, 0.25) is 5.89 Å². The second-order valence-corrected chi connectivity index (χ2v) is 6.47. The van der Waals surface area contributed by atoms with E-state index in [1.165, 1.54) is 6.26 Å². The van der Waals surface area contributed by atoms with E-state index in [0.29, 0.717) is 17.1 Å². The fourth-order valence-corrected chi connectivity index (χ4v) is 3.24. The Balaban J connectivity index is 1.53. The van der Waals surface area contributed by atoms with Gasteiger partial charge in [-0.1, -0.05) is 24.3 Å². The number of benzene rings is 1. The summed E-state index contributed by atoms with van der Waals surface area (Å²) < 4.78 is 10.9. The predicted molar refractivity (Wildman–Crippen MR) is 95.4 cm³/mol. The van der Waals surface area contributed by atoms with Crippen LogP contribution in [0, 0.1) is 6.92 Å². The number of para-hydroxylation sites is 1. The van der Waals surface area contributed by atoms with Gasteiger partial charge < -0.3 is 9.15 Å². The fourth-order valence-electron chi connectivity index (χ4n) is 2.58. The number of aromatic nitrogens is 2. The molecular weight excluding hydrogens is 336 g/mol. The number of hydrogen-bond donors (Lipinski definition) is 0. The molecule has 3 aromatic heterocycles. The number of pyridine rings is 1. The number of fused-ring (bicyclic) bond motifs is 1. The van der Waals surface area contributed by atoms with Gasteiger partial charge in [0.25, 0.3) is 0 Å². The van der Waals surface area contributed by atoms with Crippen LogP contribution in [0.25, 0.3) is 21.7 Å². The summed E-state index contributed by atoms with van der Waals surface area (Å²) >= 11 is 1.54. The Labute approximate surface area is 147 Å². The van der Waals surface area contributed by atoms with Crippen molar-refractivity contribution >= 4 is 28.2 Å². The second-order valence-electron chi connectivity index (χ2n) is 5.53. The lowest BCUT2D eigenvalue weighted by molar-refractivity contribution is 0.0470. The van der Waals surface area contributed by atoms with Crippen molar-refractivity contribution in [2.45, 2.75) is 13.5 Å². The minimum Gasteiger partial charge on any atom is -0.455 e. The Hall–Kier alpha value is -2.99. The molecule has 0 amide bonds. The van der Waals surface area contributed by atoms with Crippen molar-refractivity contribution in [1.29, 1.82) is 0 Å². The first kappa shape index (κ1) is 15.5. The molecule has 4 aromatic rings. The van der Waals surface area contributed by atoms with E-state index >= 15 is 0 Å². The topological polar surface area (TPSA) is 65.2 Å². The summed E-state index contributed by atoms with van der Waals surface area (Å²) in [6.07, 6.45) is 1.51. The molecule has 0 aliphatic carbocycles. The van der Waals surface area contributed by atoms with E-state index in [1.54, 1.807) is 17.4 Å². The van der Waals surface area contributed by atoms with Crippen LogP contribution in [0.3, 0.4) is 0 Å². The average Bonchev–Trinajstić information content (AvgIpc) is 3.30. The lowest BCUT2D eigenvalue weighted by atomic mass is 10.1. The van der Waals surface area contributed by atoms with Crippen LogP contribution >= 0.6 is 11.3 Å². The zero-order valence-electron chi connectivity index (χ0n) is 13.4. The van der Waals surface area contributed by atoms with E-state index in [2.05, 4.69) is 9.97 Å². The molecule has 0 atom stereocenters. The maximum absolute atomic E-state index is 12.5. The van der Waals surface area contributed by atoms with Crippen LogP contribution in [0.4, 0.5) is 0 Å². The summed E-state index contributed by atoms with van der Waals surface area (Å²) in [7, 11) is 0. The molecule has 0 radical (unpaired) electrons. The Morgan fingerprint density at radius 1 is 1.20 bits per heavy atom. The van der Waals surface area contributed by atoms with Gasteiger partial charge in [-0.25, -0.2) is 9.78 Å². The number of rotatable bonds is 4. The van der Waals surface area contributed by atoms with Gasteiger partial charge in [0.15, 0.2) is 0 Å². The first-order valence-corrected chi connectivity index (χ1v) is 8.60. The Bertz CT molecular complexity index is 1040. The van der Waals surface area contributed by atoms with Crippen molar-refractivity contribution in [2.75, 3.05) is 0 Å². The molecule has 0 saturated heterocycles. The average molecular weight is 350 g/mol. The SMILES string of the molecule is Cc1cc(C(=O)OCc2coc(-c3cccs3)n2)c2ccccc2n1. The van der Waals surface area contributed by atoms with Crippen LogP contribution in [0.15, 0.2) is 58.5 Å². The van der Waals surface area contributed by atoms with Gasteiger partial charge in [0, 0.05) is 11.1 Å². The van der Waals surface area contributed by atoms with E-state index in [9.17, 15) is 4.79 Å². The maximum Gasteiger partial charge on any atom is 0.339 e. The molecule has 1 aromatic carbocycles. The molecule has 3 heterocycles. The Morgan fingerprint density at radius 2 is 2.08 bits per heavy atom. The summed E-state index contributed by atoms with van der Waals surface area (Å²) in [5.41, 5.74) is 2.62. The monoisotopic (exact) mass is 350 g/mol. The van der Waals surface area contributed by atoms with E-state index in [4.69, 9.17) is 9.15 Å². The fraction of sp³-hybridized carbons (Fsp3) is 0.105. The summed E-state index contributed by atoms with van der Waals surface area (Å²) in [6, 6.07) is 13.1. The highest BCUT2D eigenvalue weighted by Gasteiger charge is 2.15. The highest BCUT2D eigenvalue weighted by atomic mass is 32.1. The van der Waals surface area contributed by atoms with Gasteiger partial charge in [-0.15, -0.1) is 11.3 Å². The lowest BCUT2D eigenvalue weighted by Crippen LogP contribution is -2.07. The molecule has 25 heavy (non-hydrogen) atoms. The van der Waals surface area contributed by atoms with E-state index in [1.807, 2.05) is 48.7 Å². The van der Waals surface area contributed by atoms with Crippen molar-refractivity contribution in [3.05, 3.63) is 71.1 Å². The highest BCUT2D eigenvalue weighted by Crippen LogP contribution is 2.24. The standard InChI is InChI=1S/C19H14N2O3S/c1-12-9-15(14-5-2-3-6-16(14)20-12)19(22)24-11-13-10-23-18(21-13)17-7-4-8-25-17/h2-10H,11H2,1H3. The summed E-state index contributed by atoms with van der Waals surface area (Å²) in [5, 5.41) is 2.73. The minimum absolute atomic E-state index is 0.0589. The first-order chi connectivity index (χ1) is 12.2. The number of carbonyl (C=O) groups excluding carboxylic acids is 1. The van der Waals surface area contributed by atoms with Gasteiger partial charge >= 0.3 is 5.97 Å². The Kier molecular flexibility index (Phi) is 4.03. The number of esters is 1. The van der Waals surface area contributed by atoms with Crippen LogP contribution in [-0.2, 0) is 11.3 Å². The van der Waals surface area contributed by atoms with Crippen molar-refractivity contribution < 1.29 is 13.9 Å². The summed E-state index contributed by atoms with van der Waals surface area (Å²) in [5.74, 6) is 0.133. The zero-order chi connectivity index (χ0) is 17.2. The first-order valence-electron chi connectivity index (χ1n) is 7.72. The van der Waals surface area contributed by atoms with Gasteiger partial charge in [-0.3, -0.25) is 4.98 Å². The molecule has 4 rings (SSSR count). The third kappa shape index (κ3) is 3.16. The van der Waals surface area contributed by atoms with Crippen LogP contribution in [0.1, 0.15) is 21.7 Å². The van der Waals surface area contributed by atoms with Gasteiger partial charge in [-0.2, -0.15) is 0 Å². The van der Waals surface area contributed by atoms with Crippen LogP contribution in [0.2, 0.25) is 0 Å². The van der Waals surface area contributed by atoms with Gasteiger partial charge in [0.1, 0.15) is 18.6 Å². The van der Waals surface area contributed by atoms with E-state index in [0.717, 1.165) is 21.5 Å². The maximum atomic E-state index is 12.5. The molecular formula is C19H14N2O3S. The largest absolute Gasteiger partial charge is 0.455 e. The molecule has 5 nitrogen and oxygen atoms in total. The third-order valence-electron chi connectivity index (χ3n) is 3.70. The number of aryl methyl sites for hydroxylation is 1. The molecule has 0 aliphatic rings. The normalized spacial score (nSPS) is 10.9. The Morgan fingerprint density at radius 3 is 2.92 bits per heavy atom. The van der Waals surface area contributed by atoms with Gasteiger partial charge in [-0.05, 0) is 30.5 Å². The smallest absolute Gasteiger partial charge is 0.339 e. The molecule has 0 bridgehead atoms. The number of nitrogens with zero attached hydrogens (tertiary/aromatic N) is 2. The van der Waals surface area contributed by atoms with Crippen molar-refractivity contribution in [2.24, 2.45) is 0 Å².